The molecule has 1 saturated heterocycles. The van der Waals surface area contributed by atoms with Gasteiger partial charge >= 0.3 is 0 Å². The molecule has 0 radical (unpaired) electrons. The molecule has 0 saturated carbocycles. The number of carbonyl (C=O) groups is 1. The van der Waals surface area contributed by atoms with Crippen LogP contribution < -0.4 is 0 Å². The van der Waals surface area contributed by atoms with Gasteiger partial charge in [0.15, 0.2) is 0 Å². The van der Waals surface area contributed by atoms with E-state index in [1.54, 1.807) is 11.3 Å². The van der Waals surface area contributed by atoms with E-state index < -0.39 is 0 Å². The van der Waals surface area contributed by atoms with Crippen LogP contribution in [0.5, 0.6) is 0 Å². The fraction of sp³-hybridized carbons (Fsp3) is 0.333. The number of aryl methyl sites for hydroxylation is 1. The number of hydrogen-bond donors (Lipinski definition) is 0. The summed E-state index contributed by atoms with van der Waals surface area (Å²) in [6.45, 7) is 3.68. The molecule has 0 unspecified atom stereocenters. The van der Waals surface area contributed by atoms with Crippen molar-refractivity contribution >= 4 is 17.2 Å². The van der Waals surface area contributed by atoms with Crippen molar-refractivity contribution in [3.8, 4) is 10.6 Å². The van der Waals surface area contributed by atoms with Crippen LogP contribution in [0.1, 0.15) is 28.9 Å². The van der Waals surface area contributed by atoms with Crippen molar-refractivity contribution in [1.82, 2.24) is 9.88 Å². The minimum absolute atomic E-state index is 0.125. The van der Waals surface area contributed by atoms with Crippen molar-refractivity contribution in [3.63, 3.8) is 0 Å². The molecule has 1 amide bonds. The summed E-state index contributed by atoms with van der Waals surface area (Å²) in [5.41, 5.74) is 2.51. The highest BCUT2D eigenvalue weighted by molar-refractivity contribution is 7.13. The van der Waals surface area contributed by atoms with Crippen molar-refractivity contribution in [2.45, 2.75) is 19.8 Å². The second kappa shape index (κ2) is 5.13. The van der Waals surface area contributed by atoms with E-state index in [9.17, 15) is 4.79 Å². The van der Waals surface area contributed by atoms with E-state index in [0.29, 0.717) is 0 Å². The molecule has 2 aromatic rings. The Bertz CT molecular complexity index is 586. The molecule has 0 bridgehead atoms. The summed E-state index contributed by atoms with van der Waals surface area (Å²) in [6.07, 6.45) is 2.23. The van der Waals surface area contributed by atoms with E-state index in [0.717, 1.165) is 47.8 Å². The smallest absolute Gasteiger partial charge is 0.255 e. The molecular weight excluding hydrogens is 256 g/mol. The van der Waals surface area contributed by atoms with Gasteiger partial charge in [0, 0.05) is 13.1 Å². The summed E-state index contributed by atoms with van der Waals surface area (Å²) in [5.74, 6) is 0.125. The maximum atomic E-state index is 12.4. The topological polar surface area (TPSA) is 33.2 Å². The summed E-state index contributed by atoms with van der Waals surface area (Å²) in [7, 11) is 0. The normalized spacial score (nSPS) is 14.9. The van der Waals surface area contributed by atoms with Gasteiger partial charge in [0.05, 0.1) is 21.8 Å². The molecule has 3 rings (SSSR count). The molecule has 3 heterocycles. The Morgan fingerprint density at radius 2 is 2.05 bits per heavy atom. The van der Waals surface area contributed by atoms with Crippen molar-refractivity contribution < 1.29 is 4.79 Å². The Morgan fingerprint density at radius 1 is 1.26 bits per heavy atom. The number of carbonyl (C=O) groups excluding carboxylic acids is 1. The highest BCUT2D eigenvalue weighted by Gasteiger charge is 2.21. The highest BCUT2D eigenvalue weighted by atomic mass is 32.1. The Kier molecular flexibility index (Phi) is 3.34. The van der Waals surface area contributed by atoms with Crippen molar-refractivity contribution in [2.75, 3.05) is 13.1 Å². The minimum atomic E-state index is 0.125. The number of pyridine rings is 1. The molecule has 4 heteroatoms. The number of thiophene rings is 1. The summed E-state index contributed by atoms with van der Waals surface area (Å²) in [6, 6.07) is 7.93. The second-order valence-electron chi connectivity index (χ2n) is 4.81. The molecule has 1 fully saturated rings. The lowest BCUT2D eigenvalue weighted by Gasteiger charge is -2.16. The van der Waals surface area contributed by atoms with E-state index in [1.165, 1.54) is 0 Å². The lowest BCUT2D eigenvalue weighted by Crippen LogP contribution is -2.28. The minimum Gasteiger partial charge on any atom is -0.339 e. The fourth-order valence-corrected chi connectivity index (χ4v) is 3.13. The molecule has 2 aromatic heterocycles. The van der Waals surface area contributed by atoms with Gasteiger partial charge in [-0.3, -0.25) is 9.78 Å². The number of rotatable bonds is 2. The first kappa shape index (κ1) is 12.4. The molecule has 1 aliphatic rings. The summed E-state index contributed by atoms with van der Waals surface area (Å²) in [5, 5.41) is 2.04. The second-order valence-corrected chi connectivity index (χ2v) is 5.75. The Hall–Kier alpha value is -1.68. The average molecular weight is 272 g/mol. The molecule has 19 heavy (non-hydrogen) atoms. The van der Waals surface area contributed by atoms with Gasteiger partial charge in [-0.2, -0.15) is 0 Å². The van der Waals surface area contributed by atoms with Gasteiger partial charge in [0.2, 0.25) is 0 Å². The molecule has 0 spiro atoms. The molecule has 1 aliphatic heterocycles. The van der Waals surface area contributed by atoms with Crippen LogP contribution in [0, 0.1) is 6.92 Å². The van der Waals surface area contributed by atoms with Crippen LogP contribution in [0.2, 0.25) is 0 Å². The quantitative estimate of drug-likeness (QED) is 0.840. The predicted octanol–water partition coefficient (Wildman–Crippen LogP) is 3.35. The maximum absolute atomic E-state index is 12.4. The molecular formula is C15H16N2OS. The number of hydrogen-bond acceptors (Lipinski definition) is 3. The first-order valence-corrected chi connectivity index (χ1v) is 7.44. The van der Waals surface area contributed by atoms with Gasteiger partial charge < -0.3 is 4.90 Å². The van der Waals surface area contributed by atoms with Crippen molar-refractivity contribution in [3.05, 3.63) is 40.9 Å². The van der Waals surface area contributed by atoms with E-state index in [4.69, 9.17) is 0 Å². The standard InChI is InChI=1S/C15H16N2OS/c1-11-12(15(18)17-8-2-3-9-17)6-7-13(16-11)14-5-4-10-19-14/h4-7,10H,2-3,8-9H2,1H3. The zero-order valence-corrected chi connectivity index (χ0v) is 11.7. The van der Waals surface area contributed by atoms with Crippen molar-refractivity contribution in [2.24, 2.45) is 0 Å². The van der Waals surface area contributed by atoms with Crippen LogP contribution >= 0.6 is 11.3 Å². The lowest BCUT2D eigenvalue weighted by molar-refractivity contribution is 0.0791. The molecule has 0 atom stereocenters. The van der Waals surface area contributed by atoms with E-state index in [2.05, 4.69) is 11.1 Å². The van der Waals surface area contributed by atoms with Crippen LogP contribution in [-0.2, 0) is 0 Å². The van der Waals surface area contributed by atoms with Crippen LogP contribution in [0.25, 0.3) is 10.6 Å². The van der Waals surface area contributed by atoms with Gasteiger partial charge in [-0.25, -0.2) is 0 Å². The summed E-state index contributed by atoms with van der Waals surface area (Å²) < 4.78 is 0. The average Bonchev–Trinajstić information content (AvgIpc) is 3.11. The van der Waals surface area contributed by atoms with Gasteiger partial charge in [-0.05, 0) is 43.3 Å². The van der Waals surface area contributed by atoms with Crippen molar-refractivity contribution in [1.29, 1.82) is 0 Å². The predicted molar refractivity (Wildman–Crippen MR) is 77.4 cm³/mol. The molecule has 3 nitrogen and oxygen atoms in total. The first-order valence-electron chi connectivity index (χ1n) is 6.56. The monoisotopic (exact) mass is 272 g/mol. The largest absolute Gasteiger partial charge is 0.339 e. The van der Waals surface area contributed by atoms with Crippen LogP contribution in [0.4, 0.5) is 0 Å². The van der Waals surface area contributed by atoms with Crippen LogP contribution in [-0.4, -0.2) is 28.9 Å². The summed E-state index contributed by atoms with van der Waals surface area (Å²) in [4.78, 5) is 20.0. The van der Waals surface area contributed by atoms with Gasteiger partial charge in [-0.15, -0.1) is 11.3 Å². The fourth-order valence-electron chi connectivity index (χ4n) is 2.44. The van der Waals surface area contributed by atoms with E-state index in [1.807, 2.05) is 35.4 Å². The van der Waals surface area contributed by atoms with E-state index in [-0.39, 0.29) is 5.91 Å². The number of aromatic nitrogens is 1. The summed E-state index contributed by atoms with van der Waals surface area (Å²) >= 11 is 1.67. The maximum Gasteiger partial charge on any atom is 0.255 e. The highest BCUT2D eigenvalue weighted by Crippen LogP contribution is 2.24. The molecule has 0 N–H and O–H groups in total. The third kappa shape index (κ3) is 2.40. The van der Waals surface area contributed by atoms with E-state index >= 15 is 0 Å². The number of nitrogens with zero attached hydrogens (tertiary/aromatic N) is 2. The van der Waals surface area contributed by atoms with Gasteiger partial charge in [0.1, 0.15) is 0 Å². The lowest BCUT2D eigenvalue weighted by atomic mass is 10.1. The number of likely N-dealkylation sites (tertiary alicyclic amines) is 1. The van der Waals surface area contributed by atoms with Gasteiger partial charge in [-0.1, -0.05) is 6.07 Å². The SMILES string of the molecule is Cc1nc(-c2cccs2)ccc1C(=O)N1CCCC1. The van der Waals surface area contributed by atoms with Gasteiger partial charge in [0.25, 0.3) is 5.91 Å². The molecule has 0 aromatic carbocycles. The third-order valence-corrected chi connectivity index (χ3v) is 4.38. The van der Waals surface area contributed by atoms with Crippen LogP contribution in [0.15, 0.2) is 29.6 Å². The number of amides is 1. The Morgan fingerprint density at radius 3 is 2.68 bits per heavy atom. The molecule has 98 valence electrons. The Labute approximate surface area is 116 Å². The third-order valence-electron chi connectivity index (χ3n) is 3.48. The molecule has 0 aliphatic carbocycles. The first-order chi connectivity index (χ1) is 9.25. The zero-order valence-electron chi connectivity index (χ0n) is 10.9. The zero-order chi connectivity index (χ0) is 13.2. The van der Waals surface area contributed by atoms with Crippen LogP contribution in [0.3, 0.4) is 0 Å². The Balaban J connectivity index is 1.89.